The molecule has 0 fully saturated rings. The van der Waals surface area contributed by atoms with Gasteiger partial charge in [0.1, 0.15) is 6.21 Å². The molecule has 0 aromatic carbocycles. The second-order valence-corrected chi connectivity index (χ2v) is 1.54. The number of carbonyl (C=O) groups is 2. The van der Waals surface area contributed by atoms with Crippen LogP contribution in [0.15, 0.2) is 5.16 Å². The molecule has 0 aliphatic heterocycles. The van der Waals surface area contributed by atoms with Gasteiger partial charge in [0.15, 0.2) is 13.8 Å². The summed E-state index contributed by atoms with van der Waals surface area (Å²) >= 11 is 0. The van der Waals surface area contributed by atoms with E-state index in [0.717, 1.165) is 6.21 Å². The van der Waals surface area contributed by atoms with Crippen molar-refractivity contribution in [1.82, 2.24) is 0 Å². The maximum absolute atomic E-state index is 10.3. The van der Waals surface area contributed by atoms with E-state index in [2.05, 4.69) is 9.99 Å². The Labute approximate surface area is 59.3 Å². The summed E-state index contributed by atoms with van der Waals surface area (Å²) in [6.07, 6.45) is 0.942. The molecule has 0 aromatic heterocycles. The van der Waals surface area contributed by atoms with E-state index in [0.29, 0.717) is 0 Å². The van der Waals surface area contributed by atoms with Crippen LogP contribution in [0.4, 0.5) is 0 Å². The maximum atomic E-state index is 10.3. The molecule has 0 rings (SSSR count). The van der Waals surface area contributed by atoms with Gasteiger partial charge in [0.2, 0.25) is 0 Å². The normalized spacial score (nSPS) is 10.7. The third kappa shape index (κ3) is 6.61. The Morgan fingerprint density at radius 1 is 1.90 bits per heavy atom. The van der Waals surface area contributed by atoms with Crippen LogP contribution in [-0.4, -0.2) is 24.5 Å². The summed E-state index contributed by atoms with van der Waals surface area (Å²) in [5, 5.41) is 3.14. The van der Waals surface area contributed by atoms with Crippen molar-refractivity contribution in [1.29, 1.82) is 0 Å². The van der Waals surface area contributed by atoms with Crippen molar-refractivity contribution in [2.75, 3.05) is 6.61 Å². The molecule has 0 saturated heterocycles. The molecule has 0 unspecified atom stereocenters. The van der Waals surface area contributed by atoms with Gasteiger partial charge in [0.05, 0.1) is 0 Å². The van der Waals surface area contributed by atoms with Crippen molar-refractivity contribution in [2.45, 2.75) is 6.92 Å². The summed E-state index contributed by atoms with van der Waals surface area (Å²) in [4.78, 5) is 24.8. The first-order chi connectivity index (χ1) is 5.16. The molecule has 10 heavy (non-hydrogen) atoms. The van der Waals surface area contributed by atoms with E-state index in [-0.39, 0.29) is 12.4 Å². The Bertz CT molecular complexity index is 181. The second-order valence-electron chi connectivity index (χ2n) is 1.54. The van der Waals surface area contributed by atoms with E-state index in [1.807, 2.05) is 0 Å². The molecule has 0 aromatic rings. The van der Waals surface area contributed by atoms with E-state index < -0.39 is 5.91 Å². The van der Waals surface area contributed by atoms with Gasteiger partial charge < -0.3 is 10.6 Å². The van der Waals surface area contributed by atoms with Gasteiger partial charge in [-0.05, 0) is 0 Å². The van der Waals surface area contributed by atoms with Crippen LogP contribution in [0.25, 0.3) is 0 Å². The van der Waals surface area contributed by atoms with Crippen LogP contribution < -0.4 is 5.73 Å². The van der Waals surface area contributed by atoms with Gasteiger partial charge in [-0.15, -0.1) is 0 Å². The number of Topliss-reactive ketones (excluding diaryl/α,β-unsaturated/α-hetero) is 1. The van der Waals surface area contributed by atoms with Gasteiger partial charge in [-0.1, -0.05) is 5.16 Å². The van der Waals surface area contributed by atoms with Crippen molar-refractivity contribution < 1.29 is 15.8 Å². The number of carbonyl (C=O) groups excluding carboxylic acids is 2. The number of rotatable bonds is 4. The number of primary amides is 1. The SMILES string of the molecule is [2H]NC(=O)CO/N=C\C(C)=O. The Morgan fingerprint density at radius 2 is 2.60 bits per heavy atom. The highest BCUT2D eigenvalue weighted by atomic mass is 16.6. The first-order valence-corrected chi connectivity index (χ1v) is 2.53. The monoisotopic (exact) mass is 145 g/mol. The fourth-order valence-corrected chi connectivity index (χ4v) is 0.207. The zero-order valence-electron chi connectivity index (χ0n) is 6.46. The number of nitrogens with two attached hydrogens (primary N) is 1. The van der Waals surface area contributed by atoms with Crippen LogP contribution in [-0.2, 0) is 14.4 Å². The Morgan fingerprint density at radius 3 is 3.10 bits per heavy atom. The van der Waals surface area contributed by atoms with Gasteiger partial charge in [-0.2, -0.15) is 0 Å². The van der Waals surface area contributed by atoms with Crippen LogP contribution in [0, 0.1) is 0 Å². The summed E-state index contributed by atoms with van der Waals surface area (Å²) < 4.78 is 6.33. The maximum Gasteiger partial charge on any atom is 0.258 e. The molecule has 0 aliphatic carbocycles. The number of ketones is 1. The molecule has 0 spiro atoms. The number of oxime groups is 1. The lowest BCUT2D eigenvalue weighted by atomic mass is 10.5. The third-order valence-corrected chi connectivity index (χ3v) is 0.505. The largest absolute Gasteiger partial charge is 0.386 e. The minimum absolute atomic E-state index is 0.267. The molecular formula is C5H8N2O3. The lowest BCUT2D eigenvalue weighted by molar-refractivity contribution is -0.122. The highest BCUT2D eigenvalue weighted by Crippen LogP contribution is 1.72. The molecule has 0 aliphatic rings. The van der Waals surface area contributed by atoms with E-state index in [1.165, 1.54) is 6.92 Å². The summed E-state index contributed by atoms with van der Waals surface area (Å²) in [6.45, 7) is 0.949. The van der Waals surface area contributed by atoms with Crippen LogP contribution >= 0.6 is 0 Å². The standard InChI is InChI=1S/C5H8N2O3/c1-4(8)2-7-10-3-5(6)9/h2H,3H2,1H3,(H2,6,9)/b7-2-/i/hD. The van der Waals surface area contributed by atoms with Crippen molar-refractivity contribution >= 4 is 17.9 Å². The lowest BCUT2D eigenvalue weighted by Crippen LogP contribution is -2.16. The number of nitrogens with zero attached hydrogens (tertiary/aromatic N) is 1. The third-order valence-electron chi connectivity index (χ3n) is 0.505. The summed E-state index contributed by atoms with van der Waals surface area (Å²) in [5.41, 5.74) is 1.58. The summed E-state index contributed by atoms with van der Waals surface area (Å²) in [7, 11) is 0. The number of hydrogen-bond donors (Lipinski definition) is 1. The number of amides is 1. The highest BCUT2D eigenvalue weighted by Gasteiger charge is 1.90. The highest BCUT2D eigenvalue weighted by molar-refractivity contribution is 6.26. The zero-order chi connectivity index (χ0) is 8.69. The van der Waals surface area contributed by atoms with Crippen LogP contribution in [0.2, 0.25) is 1.41 Å². The van der Waals surface area contributed by atoms with Gasteiger partial charge in [-0.25, -0.2) is 0 Å². The minimum Gasteiger partial charge on any atom is -0.386 e. The molecule has 0 radical (unpaired) electrons. The van der Waals surface area contributed by atoms with E-state index >= 15 is 0 Å². The Balaban J connectivity index is 3.41. The van der Waals surface area contributed by atoms with Crippen molar-refractivity contribution in [3.8, 4) is 0 Å². The molecule has 1 amide bonds. The Kier molecular flexibility index (Phi) is 3.02. The van der Waals surface area contributed by atoms with Crippen LogP contribution in [0.3, 0.4) is 0 Å². The molecule has 2 N–H and O–H groups in total. The van der Waals surface area contributed by atoms with Gasteiger partial charge in [0, 0.05) is 6.92 Å². The minimum atomic E-state index is -0.620. The molecular weight excluding hydrogens is 136 g/mol. The fraction of sp³-hybridized carbons (Fsp3) is 0.400. The van der Waals surface area contributed by atoms with Gasteiger partial charge in [-0.3, -0.25) is 9.59 Å². The van der Waals surface area contributed by atoms with Crippen molar-refractivity contribution in [3.63, 3.8) is 0 Å². The fourth-order valence-electron chi connectivity index (χ4n) is 0.207. The summed E-state index contributed by atoms with van der Waals surface area (Å²) in [6, 6.07) is 0. The first kappa shape index (κ1) is 6.73. The quantitative estimate of drug-likeness (QED) is 0.409. The van der Waals surface area contributed by atoms with Crippen LogP contribution in [0.5, 0.6) is 0 Å². The van der Waals surface area contributed by atoms with Crippen LogP contribution in [0.1, 0.15) is 6.92 Å². The molecule has 56 valence electrons. The van der Waals surface area contributed by atoms with E-state index in [1.54, 1.807) is 5.73 Å². The molecule has 0 heterocycles. The molecule has 0 bridgehead atoms. The van der Waals surface area contributed by atoms with Crippen molar-refractivity contribution in [3.05, 3.63) is 0 Å². The zero-order valence-corrected chi connectivity index (χ0v) is 5.46. The van der Waals surface area contributed by atoms with Gasteiger partial charge in [0.25, 0.3) is 5.91 Å². The average Bonchev–Trinajstić information content (AvgIpc) is 1.97. The molecule has 5 heteroatoms. The lowest BCUT2D eigenvalue weighted by Gasteiger charge is -1.90. The summed E-state index contributed by atoms with van der Waals surface area (Å²) in [5.74, 6) is -0.887. The van der Waals surface area contributed by atoms with Gasteiger partial charge >= 0.3 is 0 Å². The van der Waals surface area contributed by atoms with E-state index in [4.69, 9.17) is 1.41 Å². The predicted molar refractivity (Wildman–Crippen MR) is 34.3 cm³/mol. The number of hydrogen-bond acceptors (Lipinski definition) is 4. The van der Waals surface area contributed by atoms with Crippen molar-refractivity contribution in [2.24, 2.45) is 10.9 Å². The van der Waals surface area contributed by atoms with E-state index in [9.17, 15) is 9.59 Å². The smallest absolute Gasteiger partial charge is 0.258 e. The molecule has 5 nitrogen and oxygen atoms in total. The second kappa shape index (κ2) is 4.49. The molecule has 0 saturated carbocycles. The first-order valence-electron chi connectivity index (χ1n) is 3.03. The average molecular weight is 145 g/mol. The Hall–Kier alpha value is -1.39. The topological polar surface area (TPSA) is 81.8 Å². The molecule has 0 atom stereocenters. The predicted octanol–water partition coefficient (Wildman–Crippen LogP) is -0.937.